The third-order valence-electron chi connectivity index (χ3n) is 14.5. The lowest BCUT2D eigenvalue weighted by Gasteiger charge is -2.30. The molecule has 0 saturated carbocycles. The van der Waals surface area contributed by atoms with E-state index in [4.69, 9.17) is 0 Å². The number of fused-ring (bicyclic) bond motifs is 16. The van der Waals surface area contributed by atoms with Crippen LogP contribution in [0.5, 0.6) is 0 Å². The molecule has 0 amide bonds. The zero-order chi connectivity index (χ0) is 39.5. The van der Waals surface area contributed by atoms with Crippen LogP contribution in [0, 0.1) is 0 Å². The lowest BCUT2D eigenvalue weighted by molar-refractivity contribution is 0.662. The zero-order valence-corrected chi connectivity index (χ0v) is 33.3. The molecule has 280 valence electrons. The van der Waals surface area contributed by atoms with Crippen LogP contribution >= 0.6 is 0 Å². The summed E-state index contributed by atoms with van der Waals surface area (Å²) >= 11 is 0. The fraction of sp³-hybridized carbons (Fsp3) is 0.0690. The van der Waals surface area contributed by atoms with Crippen molar-refractivity contribution in [2.24, 2.45) is 0 Å². The summed E-state index contributed by atoms with van der Waals surface area (Å²) in [6, 6.07) is 70.6. The van der Waals surface area contributed by atoms with Gasteiger partial charge in [0, 0.05) is 38.7 Å². The van der Waals surface area contributed by atoms with Gasteiger partial charge in [0.05, 0.1) is 22.1 Å². The van der Waals surface area contributed by atoms with Crippen molar-refractivity contribution in [2.45, 2.75) is 24.7 Å². The Kier molecular flexibility index (Phi) is 6.07. The van der Waals surface area contributed by atoms with E-state index in [-0.39, 0.29) is 10.8 Å². The molecule has 0 atom stereocenters. The third kappa shape index (κ3) is 3.81. The van der Waals surface area contributed by atoms with Gasteiger partial charge in [-0.25, -0.2) is 0 Å². The summed E-state index contributed by atoms with van der Waals surface area (Å²) in [5, 5.41) is 6.51. The van der Waals surface area contributed by atoms with E-state index in [1.165, 1.54) is 117 Å². The van der Waals surface area contributed by atoms with Crippen LogP contribution in [-0.4, -0.2) is 4.57 Å². The molecule has 3 aliphatic carbocycles. The highest BCUT2D eigenvalue weighted by molar-refractivity contribution is 6.20. The van der Waals surface area contributed by atoms with Crippen LogP contribution in [0.1, 0.15) is 47.2 Å². The molecule has 0 fully saturated rings. The second-order valence-corrected chi connectivity index (χ2v) is 17.6. The average Bonchev–Trinajstić information content (AvgIpc) is 3.93. The Balaban J connectivity index is 0.966. The summed E-state index contributed by atoms with van der Waals surface area (Å²) in [6.07, 6.45) is 0. The molecule has 2 nitrogen and oxygen atoms in total. The predicted octanol–water partition coefficient (Wildman–Crippen LogP) is 14.8. The van der Waals surface area contributed by atoms with Gasteiger partial charge in [0.2, 0.25) is 0 Å². The molecular weight excluding hydrogens is 725 g/mol. The van der Waals surface area contributed by atoms with Crippen molar-refractivity contribution >= 4 is 33.2 Å². The number of nitrogens with one attached hydrogen (secondary N) is 1. The van der Waals surface area contributed by atoms with E-state index in [1.807, 2.05) is 0 Å². The Hall–Kier alpha value is -7.42. The number of hydrogen-bond donors (Lipinski definition) is 1. The topological polar surface area (TPSA) is 17.0 Å². The predicted molar refractivity (Wildman–Crippen MR) is 249 cm³/mol. The van der Waals surface area contributed by atoms with E-state index in [1.54, 1.807) is 0 Å². The Labute approximate surface area is 349 Å². The van der Waals surface area contributed by atoms with Crippen molar-refractivity contribution in [3.05, 3.63) is 221 Å². The van der Waals surface area contributed by atoms with E-state index in [0.717, 1.165) is 11.4 Å². The van der Waals surface area contributed by atoms with Crippen LogP contribution in [-0.2, 0) is 10.8 Å². The molecule has 10 aromatic rings. The molecule has 0 unspecified atom stereocenters. The molecule has 14 rings (SSSR count). The second-order valence-electron chi connectivity index (χ2n) is 17.6. The summed E-state index contributed by atoms with van der Waals surface area (Å²) in [7, 11) is 0. The molecule has 9 aromatic carbocycles. The Bertz CT molecular complexity index is 3500. The maximum Gasteiger partial charge on any atom is 0.0726 e. The fourth-order valence-electron chi connectivity index (χ4n) is 12.2. The van der Waals surface area contributed by atoms with Gasteiger partial charge in [-0.3, -0.25) is 0 Å². The van der Waals surface area contributed by atoms with Gasteiger partial charge in [0.15, 0.2) is 0 Å². The number of nitrogens with zero attached hydrogens (tertiary/aromatic N) is 1. The van der Waals surface area contributed by atoms with Gasteiger partial charge in [-0.05, 0) is 120 Å². The van der Waals surface area contributed by atoms with E-state index in [0.29, 0.717) is 0 Å². The van der Waals surface area contributed by atoms with Gasteiger partial charge in [-0.2, -0.15) is 0 Å². The molecule has 0 saturated heterocycles. The Morgan fingerprint density at radius 3 is 1.73 bits per heavy atom. The molecule has 60 heavy (non-hydrogen) atoms. The third-order valence-corrected chi connectivity index (χ3v) is 14.5. The first-order valence-corrected chi connectivity index (χ1v) is 21.2. The lowest BCUT2D eigenvalue weighted by Crippen LogP contribution is -2.25. The van der Waals surface area contributed by atoms with Crippen LogP contribution in [0.3, 0.4) is 0 Å². The van der Waals surface area contributed by atoms with Crippen molar-refractivity contribution < 1.29 is 0 Å². The molecular formula is C58H38N2. The molecule has 1 aromatic heterocycles. The smallest absolute Gasteiger partial charge is 0.0726 e. The molecule has 1 spiro atoms. The minimum atomic E-state index is -0.378. The summed E-state index contributed by atoms with van der Waals surface area (Å²) in [4.78, 5) is 0. The van der Waals surface area contributed by atoms with E-state index < -0.39 is 0 Å². The zero-order valence-electron chi connectivity index (χ0n) is 33.3. The molecule has 1 N–H and O–H groups in total. The molecule has 2 heteroatoms. The normalized spacial score (nSPS) is 14.8. The molecule has 0 bridgehead atoms. The Morgan fingerprint density at radius 2 is 0.983 bits per heavy atom. The standard InChI is InChI=1S/C58H38N2/c1-57(2)49-26-14-22-43-41-20-6-11-27-51(41)60-52-28-12-7-21-42(52)45-33-44(55(57)54(53(43)49)56(45)60)34-15-13-16-35(31-34)59-36-29-30-40-39-19-5-10-25-48(39)58(50(40)32-36)46-23-8-3-17-37(46)38-18-4-9-24-47(38)58/h3-33,59H,1-2H3. The van der Waals surface area contributed by atoms with Crippen molar-refractivity contribution in [1.29, 1.82) is 0 Å². The van der Waals surface area contributed by atoms with Gasteiger partial charge >= 0.3 is 0 Å². The first-order chi connectivity index (χ1) is 29.5. The van der Waals surface area contributed by atoms with E-state index in [9.17, 15) is 0 Å². The van der Waals surface area contributed by atoms with Crippen molar-refractivity contribution in [3.63, 3.8) is 0 Å². The van der Waals surface area contributed by atoms with Crippen molar-refractivity contribution in [1.82, 2.24) is 4.57 Å². The maximum atomic E-state index is 3.93. The highest BCUT2D eigenvalue weighted by atomic mass is 15.0. The summed E-state index contributed by atoms with van der Waals surface area (Å²) in [6.45, 7) is 4.86. The number of para-hydroxylation sites is 2. The summed E-state index contributed by atoms with van der Waals surface area (Å²) in [5.41, 5.74) is 26.8. The minimum absolute atomic E-state index is 0.210. The number of hydrogen-bond acceptors (Lipinski definition) is 1. The first-order valence-electron chi connectivity index (χ1n) is 21.2. The minimum Gasteiger partial charge on any atom is -0.355 e. The van der Waals surface area contributed by atoms with Crippen LogP contribution in [0.2, 0.25) is 0 Å². The fourth-order valence-corrected chi connectivity index (χ4v) is 12.2. The highest BCUT2D eigenvalue weighted by Gasteiger charge is 2.51. The highest BCUT2D eigenvalue weighted by Crippen LogP contribution is 2.64. The van der Waals surface area contributed by atoms with Crippen LogP contribution < -0.4 is 5.32 Å². The quantitative estimate of drug-likeness (QED) is 0.190. The lowest BCUT2D eigenvalue weighted by atomic mass is 9.70. The van der Waals surface area contributed by atoms with Gasteiger partial charge in [0.1, 0.15) is 0 Å². The van der Waals surface area contributed by atoms with Gasteiger partial charge in [-0.1, -0.05) is 159 Å². The van der Waals surface area contributed by atoms with E-state index in [2.05, 4.69) is 212 Å². The average molecular weight is 763 g/mol. The van der Waals surface area contributed by atoms with Crippen LogP contribution in [0.25, 0.3) is 83.1 Å². The van der Waals surface area contributed by atoms with Gasteiger partial charge < -0.3 is 9.88 Å². The summed E-state index contributed by atoms with van der Waals surface area (Å²) < 4.78 is 2.55. The largest absolute Gasteiger partial charge is 0.355 e. The number of benzene rings is 9. The second kappa shape index (κ2) is 11.2. The van der Waals surface area contributed by atoms with Gasteiger partial charge in [0.25, 0.3) is 0 Å². The SMILES string of the molecule is CC1(C)c2cccc3c2-c2c1c(-c1cccc(Nc4ccc5c(c4)C4(c6ccccc6-c6ccccc64)c4ccccc4-5)c1)cc1c4ccccc4n(c21)-c1ccccc1-3. The maximum absolute atomic E-state index is 3.93. The monoisotopic (exact) mass is 762 g/mol. The number of aromatic nitrogens is 1. The molecule has 0 radical (unpaired) electrons. The van der Waals surface area contributed by atoms with Gasteiger partial charge in [-0.15, -0.1) is 0 Å². The van der Waals surface area contributed by atoms with Crippen molar-refractivity contribution in [2.75, 3.05) is 5.32 Å². The van der Waals surface area contributed by atoms with Crippen LogP contribution in [0.4, 0.5) is 11.4 Å². The van der Waals surface area contributed by atoms with Crippen LogP contribution in [0.15, 0.2) is 188 Å². The Morgan fingerprint density at radius 1 is 0.400 bits per heavy atom. The van der Waals surface area contributed by atoms with E-state index >= 15 is 0 Å². The molecule has 1 aliphatic heterocycles. The number of anilines is 2. The summed E-state index contributed by atoms with van der Waals surface area (Å²) in [5.74, 6) is 0. The van der Waals surface area contributed by atoms with Crippen molar-refractivity contribution in [3.8, 4) is 61.3 Å². The molecule has 4 aliphatic rings. The number of rotatable bonds is 3. The first kappa shape index (κ1) is 32.5. The molecule has 2 heterocycles.